The second kappa shape index (κ2) is 5.32. The van der Waals surface area contributed by atoms with Crippen molar-refractivity contribution in [3.63, 3.8) is 0 Å². The number of hydrogen-bond acceptors (Lipinski definition) is 3. The zero-order chi connectivity index (χ0) is 10.6. The number of amides is 1. The summed E-state index contributed by atoms with van der Waals surface area (Å²) < 4.78 is 0. The van der Waals surface area contributed by atoms with Gasteiger partial charge in [0.05, 0.1) is 6.54 Å². The minimum Gasteiger partial charge on any atom is -0.348 e. The summed E-state index contributed by atoms with van der Waals surface area (Å²) in [6.07, 6.45) is 1.16. The molecule has 14 heavy (non-hydrogen) atoms. The van der Waals surface area contributed by atoms with Crippen LogP contribution in [0.4, 0.5) is 0 Å². The van der Waals surface area contributed by atoms with Gasteiger partial charge in [-0.3, -0.25) is 9.69 Å². The quantitative estimate of drug-likeness (QED) is 0.611. The zero-order valence-corrected chi connectivity index (χ0v) is 9.49. The van der Waals surface area contributed by atoms with Crippen molar-refractivity contribution >= 4 is 5.91 Å². The predicted octanol–water partition coefficient (Wildman–Crippen LogP) is -0.288. The van der Waals surface area contributed by atoms with Crippen LogP contribution in [0.15, 0.2) is 0 Å². The Hall–Kier alpha value is -0.610. The number of carbonyl (C=O) groups is 1. The van der Waals surface area contributed by atoms with Gasteiger partial charge >= 0.3 is 0 Å². The lowest BCUT2D eigenvalue weighted by molar-refractivity contribution is -0.129. The molecule has 1 aliphatic rings. The van der Waals surface area contributed by atoms with E-state index in [-0.39, 0.29) is 5.91 Å². The molecule has 1 saturated heterocycles. The first-order valence-electron chi connectivity index (χ1n) is 5.20. The van der Waals surface area contributed by atoms with Crippen LogP contribution < -0.4 is 0 Å². The molecule has 0 saturated carbocycles. The summed E-state index contributed by atoms with van der Waals surface area (Å²) in [6, 6.07) is 0. The molecular weight excluding hydrogens is 178 g/mol. The van der Waals surface area contributed by atoms with Crippen molar-refractivity contribution in [2.45, 2.75) is 6.42 Å². The molecule has 1 heterocycles. The second-order valence-corrected chi connectivity index (χ2v) is 4.22. The Kier molecular flexibility index (Phi) is 4.35. The Morgan fingerprint density at radius 2 is 1.93 bits per heavy atom. The molecule has 0 bridgehead atoms. The summed E-state index contributed by atoms with van der Waals surface area (Å²) in [4.78, 5) is 17.7. The normalized spacial score (nSPS) is 20.5. The van der Waals surface area contributed by atoms with Crippen molar-refractivity contribution in [1.29, 1.82) is 0 Å². The maximum Gasteiger partial charge on any atom is 0.236 e. The van der Waals surface area contributed by atoms with Crippen molar-refractivity contribution in [1.82, 2.24) is 14.7 Å². The molecule has 0 spiro atoms. The van der Waals surface area contributed by atoms with Gasteiger partial charge < -0.3 is 9.80 Å². The van der Waals surface area contributed by atoms with E-state index in [1.165, 1.54) is 0 Å². The van der Waals surface area contributed by atoms with Crippen LogP contribution in [0.25, 0.3) is 0 Å². The number of carbonyl (C=O) groups excluding carboxylic acids is 1. The zero-order valence-electron chi connectivity index (χ0n) is 9.49. The molecule has 0 aromatic carbocycles. The fraction of sp³-hybridized carbons (Fsp3) is 0.900. The SMILES string of the molecule is CN1CCCN(CC(=O)N(C)C)CC1. The van der Waals surface area contributed by atoms with Crippen molar-refractivity contribution < 1.29 is 4.79 Å². The highest BCUT2D eigenvalue weighted by molar-refractivity contribution is 5.77. The molecule has 0 aliphatic carbocycles. The van der Waals surface area contributed by atoms with Crippen LogP contribution in [0.3, 0.4) is 0 Å². The Morgan fingerprint density at radius 1 is 1.21 bits per heavy atom. The van der Waals surface area contributed by atoms with Gasteiger partial charge in [0, 0.05) is 27.2 Å². The third-order valence-corrected chi connectivity index (χ3v) is 2.67. The number of nitrogens with zero attached hydrogens (tertiary/aromatic N) is 3. The lowest BCUT2D eigenvalue weighted by atomic mass is 10.4. The van der Waals surface area contributed by atoms with Gasteiger partial charge in [0.1, 0.15) is 0 Å². The van der Waals surface area contributed by atoms with Gasteiger partial charge in [-0.15, -0.1) is 0 Å². The Labute approximate surface area is 86.5 Å². The van der Waals surface area contributed by atoms with Crippen LogP contribution in [0, 0.1) is 0 Å². The standard InChI is InChI=1S/C10H21N3O/c1-11(2)10(14)9-13-6-4-5-12(3)7-8-13/h4-9H2,1-3H3. The molecule has 82 valence electrons. The maximum atomic E-state index is 11.5. The second-order valence-electron chi connectivity index (χ2n) is 4.22. The lowest BCUT2D eigenvalue weighted by Crippen LogP contribution is -2.38. The van der Waals surface area contributed by atoms with Crippen LogP contribution in [0.2, 0.25) is 0 Å². The molecular formula is C10H21N3O. The van der Waals surface area contributed by atoms with E-state index >= 15 is 0 Å². The maximum absolute atomic E-state index is 11.5. The average Bonchev–Trinajstić information content (AvgIpc) is 2.31. The van der Waals surface area contributed by atoms with Gasteiger partial charge in [0.25, 0.3) is 0 Å². The molecule has 0 radical (unpaired) electrons. The number of likely N-dealkylation sites (N-methyl/N-ethyl adjacent to an activating group) is 2. The minimum atomic E-state index is 0.203. The Morgan fingerprint density at radius 3 is 2.57 bits per heavy atom. The summed E-state index contributed by atoms with van der Waals surface area (Å²) in [5.74, 6) is 0.203. The van der Waals surface area contributed by atoms with Gasteiger partial charge in [0.2, 0.25) is 5.91 Å². The molecule has 4 heteroatoms. The third kappa shape index (κ3) is 3.64. The van der Waals surface area contributed by atoms with E-state index in [0.717, 1.165) is 32.6 Å². The number of hydrogen-bond donors (Lipinski definition) is 0. The fourth-order valence-electron chi connectivity index (χ4n) is 1.59. The van der Waals surface area contributed by atoms with Crippen LogP contribution in [-0.4, -0.2) is 74.5 Å². The van der Waals surface area contributed by atoms with E-state index in [9.17, 15) is 4.79 Å². The van der Waals surface area contributed by atoms with Crippen LogP contribution in [0.5, 0.6) is 0 Å². The van der Waals surface area contributed by atoms with Gasteiger partial charge in [-0.1, -0.05) is 0 Å². The van der Waals surface area contributed by atoms with E-state index in [4.69, 9.17) is 0 Å². The molecule has 4 nitrogen and oxygen atoms in total. The van der Waals surface area contributed by atoms with Gasteiger partial charge in [-0.2, -0.15) is 0 Å². The molecule has 0 aromatic rings. The van der Waals surface area contributed by atoms with Crippen molar-refractivity contribution in [2.24, 2.45) is 0 Å². The summed E-state index contributed by atoms with van der Waals surface area (Å²) in [5.41, 5.74) is 0. The van der Waals surface area contributed by atoms with E-state index in [1.54, 1.807) is 4.90 Å². The Balaban J connectivity index is 2.33. The predicted molar refractivity (Wildman–Crippen MR) is 57.2 cm³/mol. The molecule has 1 rings (SSSR count). The topological polar surface area (TPSA) is 26.8 Å². The highest BCUT2D eigenvalue weighted by atomic mass is 16.2. The first-order chi connectivity index (χ1) is 6.59. The van der Waals surface area contributed by atoms with Gasteiger partial charge in [-0.05, 0) is 26.6 Å². The molecule has 0 N–H and O–H groups in total. The van der Waals surface area contributed by atoms with Crippen LogP contribution in [-0.2, 0) is 4.79 Å². The first-order valence-corrected chi connectivity index (χ1v) is 5.20. The molecule has 0 atom stereocenters. The van der Waals surface area contributed by atoms with E-state index in [1.807, 2.05) is 14.1 Å². The largest absolute Gasteiger partial charge is 0.348 e. The van der Waals surface area contributed by atoms with Crippen LogP contribution in [0.1, 0.15) is 6.42 Å². The molecule has 1 aliphatic heterocycles. The fourth-order valence-corrected chi connectivity index (χ4v) is 1.59. The molecule has 1 fully saturated rings. The third-order valence-electron chi connectivity index (χ3n) is 2.67. The van der Waals surface area contributed by atoms with Crippen LogP contribution >= 0.6 is 0 Å². The highest BCUT2D eigenvalue weighted by Gasteiger charge is 2.15. The highest BCUT2D eigenvalue weighted by Crippen LogP contribution is 2.00. The Bertz CT molecular complexity index is 194. The van der Waals surface area contributed by atoms with Crippen molar-refractivity contribution in [2.75, 3.05) is 53.9 Å². The monoisotopic (exact) mass is 199 g/mol. The lowest BCUT2D eigenvalue weighted by Gasteiger charge is -2.21. The average molecular weight is 199 g/mol. The summed E-state index contributed by atoms with van der Waals surface area (Å²) in [5, 5.41) is 0. The molecule has 1 amide bonds. The van der Waals surface area contributed by atoms with E-state index in [2.05, 4.69) is 16.8 Å². The summed E-state index contributed by atoms with van der Waals surface area (Å²) in [7, 11) is 5.76. The van der Waals surface area contributed by atoms with Crippen molar-refractivity contribution in [3.8, 4) is 0 Å². The van der Waals surface area contributed by atoms with E-state index < -0.39 is 0 Å². The van der Waals surface area contributed by atoms with Crippen molar-refractivity contribution in [3.05, 3.63) is 0 Å². The first kappa shape index (κ1) is 11.5. The van der Waals surface area contributed by atoms with Gasteiger partial charge in [0.15, 0.2) is 0 Å². The van der Waals surface area contributed by atoms with Gasteiger partial charge in [-0.25, -0.2) is 0 Å². The summed E-state index contributed by atoms with van der Waals surface area (Å²) >= 11 is 0. The smallest absolute Gasteiger partial charge is 0.236 e. The number of rotatable bonds is 2. The van der Waals surface area contributed by atoms with E-state index in [0.29, 0.717) is 6.54 Å². The molecule has 0 aromatic heterocycles. The summed E-state index contributed by atoms with van der Waals surface area (Å²) in [6.45, 7) is 4.84. The minimum absolute atomic E-state index is 0.203. The molecule has 0 unspecified atom stereocenters.